The monoisotopic (exact) mass is 1170 g/mol. The first-order valence-electron chi connectivity index (χ1n) is 34.4. The van der Waals surface area contributed by atoms with Crippen molar-refractivity contribution in [1.82, 2.24) is 5.32 Å². The van der Waals surface area contributed by atoms with Crippen LogP contribution in [0, 0.1) is 0 Å². The van der Waals surface area contributed by atoms with Crippen molar-refractivity contribution in [3.63, 3.8) is 0 Å². The van der Waals surface area contributed by atoms with Crippen LogP contribution in [0.2, 0.25) is 0 Å². The van der Waals surface area contributed by atoms with Crippen molar-refractivity contribution in [2.24, 2.45) is 0 Å². The number of rotatable bonds is 58. The molecule has 1 heterocycles. The van der Waals surface area contributed by atoms with Crippen molar-refractivity contribution in [2.75, 3.05) is 13.2 Å². The third-order valence-electron chi connectivity index (χ3n) is 15.5. The van der Waals surface area contributed by atoms with Gasteiger partial charge in [0.05, 0.1) is 25.4 Å². The standard InChI is InChI=1S/C75H127NO8/c1-3-5-7-9-11-13-15-17-19-21-23-25-26-27-28-29-30-31-32-33-34-35-36-37-38-39-40-41-42-43-44-45-47-49-51-53-55-57-59-61-63-65-71(79)76-68(67-83-75-74(82)73(81)72(80)70(66-77)84-75)69(78)64-62-60-58-56-54-52-50-48-46-24-22-20-18-16-14-12-10-8-6-4-2/h5,7,11,13,17,19,23,25,27-28,30-31,33-34,36-37,39-40,54,56,62,64,68-70,72-75,77-78,80-82H,3-4,6,8-10,12,14-16,18,20-22,24,26,29,32,35,38,41-53,55,57-61,63,65-67H2,1-2H3,(H,76,79)/b7-5-,13-11-,19-17-,25-23-,28-27-,31-30-,34-33-,37-36-,40-39-,56-54+,64-62+. The van der Waals surface area contributed by atoms with E-state index in [9.17, 15) is 30.3 Å². The molecule has 480 valence electrons. The van der Waals surface area contributed by atoms with E-state index in [0.29, 0.717) is 6.42 Å². The summed E-state index contributed by atoms with van der Waals surface area (Å²) in [5.74, 6) is -0.191. The molecule has 1 rings (SSSR count). The Hall–Kier alpha value is -3.67. The Bertz CT molecular complexity index is 1790. The van der Waals surface area contributed by atoms with Crippen LogP contribution in [-0.4, -0.2) is 87.5 Å². The summed E-state index contributed by atoms with van der Waals surface area (Å²) < 4.78 is 11.3. The average molecular weight is 1170 g/mol. The van der Waals surface area contributed by atoms with E-state index in [1.54, 1.807) is 6.08 Å². The number of ether oxygens (including phenoxy) is 2. The molecule has 0 bridgehead atoms. The normalized spacial score (nSPS) is 19.1. The van der Waals surface area contributed by atoms with E-state index >= 15 is 0 Å². The second-order valence-electron chi connectivity index (χ2n) is 23.2. The number of nitrogens with one attached hydrogen (secondary N) is 1. The Morgan fingerprint density at radius 1 is 0.417 bits per heavy atom. The molecule has 0 spiro atoms. The Morgan fingerprint density at radius 2 is 0.750 bits per heavy atom. The Kier molecular flexibility index (Phi) is 58.2. The highest BCUT2D eigenvalue weighted by molar-refractivity contribution is 5.76. The van der Waals surface area contributed by atoms with Crippen LogP contribution in [-0.2, 0) is 14.3 Å². The molecule has 1 aliphatic rings. The van der Waals surface area contributed by atoms with Crippen molar-refractivity contribution in [3.05, 3.63) is 134 Å². The van der Waals surface area contributed by atoms with Crippen molar-refractivity contribution >= 4 is 5.91 Å². The van der Waals surface area contributed by atoms with Gasteiger partial charge in [0.15, 0.2) is 6.29 Å². The number of carbonyl (C=O) groups excluding carboxylic acids is 1. The lowest BCUT2D eigenvalue weighted by Gasteiger charge is -2.40. The van der Waals surface area contributed by atoms with E-state index in [1.807, 2.05) is 6.08 Å². The minimum absolute atomic E-state index is 0.191. The number of unbranched alkanes of at least 4 members (excludes halogenated alkanes) is 28. The van der Waals surface area contributed by atoms with Gasteiger partial charge in [0.1, 0.15) is 24.4 Å². The van der Waals surface area contributed by atoms with Crippen LogP contribution in [0.3, 0.4) is 0 Å². The van der Waals surface area contributed by atoms with Gasteiger partial charge in [-0.15, -0.1) is 0 Å². The van der Waals surface area contributed by atoms with E-state index in [0.717, 1.165) is 96.3 Å². The summed E-state index contributed by atoms with van der Waals surface area (Å²) in [7, 11) is 0. The summed E-state index contributed by atoms with van der Waals surface area (Å²) in [6, 6.07) is -0.831. The zero-order chi connectivity index (χ0) is 60.7. The maximum Gasteiger partial charge on any atom is 0.220 e. The number of allylic oxidation sites excluding steroid dienone is 21. The summed E-state index contributed by atoms with van der Waals surface area (Å²) in [6.07, 6.45) is 88.3. The molecule has 6 N–H and O–H groups in total. The SMILES string of the molecule is CC/C=C\C/C=C\C/C=C\C/C=C\C/C=C\C/C=C\C/C=C\C/C=C\C/C=C\CCCCCCCCCCCCCCCC(=O)NC(COC1OC(CO)C(O)C(O)C1O)C(O)/C=C/CC/C=C/CCCCCCCCCCCCCCCC. The largest absolute Gasteiger partial charge is 0.394 e. The zero-order valence-electron chi connectivity index (χ0n) is 53.6. The first-order valence-corrected chi connectivity index (χ1v) is 34.4. The first-order chi connectivity index (χ1) is 41.3. The van der Waals surface area contributed by atoms with Crippen LogP contribution in [0.25, 0.3) is 0 Å². The van der Waals surface area contributed by atoms with E-state index in [4.69, 9.17) is 9.47 Å². The third-order valence-corrected chi connectivity index (χ3v) is 15.5. The molecular formula is C75H127NO8. The summed E-state index contributed by atoms with van der Waals surface area (Å²) in [6.45, 7) is 3.66. The van der Waals surface area contributed by atoms with Crippen LogP contribution < -0.4 is 5.32 Å². The van der Waals surface area contributed by atoms with Gasteiger partial charge in [-0.3, -0.25) is 4.79 Å². The highest BCUT2D eigenvalue weighted by atomic mass is 16.7. The third kappa shape index (κ3) is 50.5. The van der Waals surface area contributed by atoms with E-state index < -0.39 is 49.5 Å². The number of aliphatic hydroxyl groups excluding tert-OH is 5. The van der Waals surface area contributed by atoms with E-state index in [-0.39, 0.29) is 12.5 Å². The summed E-state index contributed by atoms with van der Waals surface area (Å²) in [4.78, 5) is 13.1. The van der Waals surface area contributed by atoms with Crippen LogP contribution in [0.15, 0.2) is 134 Å². The van der Waals surface area contributed by atoms with Gasteiger partial charge < -0.3 is 40.3 Å². The molecule has 7 atom stereocenters. The van der Waals surface area contributed by atoms with Crippen molar-refractivity contribution < 1.29 is 39.8 Å². The van der Waals surface area contributed by atoms with Gasteiger partial charge in [-0.2, -0.15) is 0 Å². The molecule has 0 saturated carbocycles. The van der Waals surface area contributed by atoms with E-state index in [2.05, 4.69) is 141 Å². The fourth-order valence-electron chi connectivity index (χ4n) is 10.1. The van der Waals surface area contributed by atoms with Gasteiger partial charge in [-0.05, 0) is 103 Å². The minimum atomic E-state index is -1.58. The van der Waals surface area contributed by atoms with Crippen molar-refractivity contribution in [2.45, 2.75) is 320 Å². The van der Waals surface area contributed by atoms with Gasteiger partial charge in [0, 0.05) is 6.42 Å². The Labute approximate surface area is 515 Å². The quantitative estimate of drug-likeness (QED) is 0.0261. The second kappa shape index (κ2) is 62.4. The molecule has 7 unspecified atom stereocenters. The lowest BCUT2D eigenvalue weighted by Crippen LogP contribution is -2.60. The highest BCUT2D eigenvalue weighted by Gasteiger charge is 2.44. The molecule has 0 aromatic carbocycles. The Morgan fingerprint density at radius 3 is 1.14 bits per heavy atom. The van der Waals surface area contributed by atoms with Crippen molar-refractivity contribution in [1.29, 1.82) is 0 Å². The number of hydrogen-bond acceptors (Lipinski definition) is 8. The maximum atomic E-state index is 13.1. The molecule has 1 fully saturated rings. The number of aliphatic hydroxyl groups is 5. The number of hydrogen-bond donors (Lipinski definition) is 6. The minimum Gasteiger partial charge on any atom is -0.394 e. The van der Waals surface area contributed by atoms with Gasteiger partial charge in [-0.25, -0.2) is 0 Å². The topological polar surface area (TPSA) is 149 Å². The molecule has 9 heteroatoms. The fraction of sp³-hybridized carbons (Fsp3) is 0.693. The number of carbonyl (C=O) groups is 1. The highest BCUT2D eigenvalue weighted by Crippen LogP contribution is 2.23. The van der Waals surface area contributed by atoms with Gasteiger partial charge in [0.25, 0.3) is 0 Å². The molecule has 0 aliphatic carbocycles. The molecule has 84 heavy (non-hydrogen) atoms. The lowest BCUT2D eigenvalue weighted by molar-refractivity contribution is -0.302. The van der Waals surface area contributed by atoms with Crippen LogP contribution in [0.4, 0.5) is 0 Å². The fourth-order valence-corrected chi connectivity index (χ4v) is 10.1. The summed E-state index contributed by atoms with van der Waals surface area (Å²) in [5, 5.41) is 54.7. The molecule has 0 radical (unpaired) electrons. The number of amides is 1. The van der Waals surface area contributed by atoms with Crippen molar-refractivity contribution in [3.8, 4) is 0 Å². The zero-order valence-corrected chi connectivity index (χ0v) is 53.6. The van der Waals surface area contributed by atoms with E-state index in [1.165, 1.54) is 161 Å². The lowest BCUT2D eigenvalue weighted by atomic mass is 9.99. The van der Waals surface area contributed by atoms with Gasteiger partial charge >= 0.3 is 0 Å². The smallest absolute Gasteiger partial charge is 0.220 e. The predicted molar refractivity (Wildman–Crippen MR) is 359 cm³/mol. The second-order valence-corrected chi connectivity index (χ2v) is 23.2. The molecule has 0 aromatic heterocycles. The molecule has 1 amide bonds. The van der Waals surface area contributed by atoms with Gasteiger partial charge in [0.2, 0.25) is 5.91 Å². The maximum absolute atomic E-state index is 13.1. The van der Waals surface area contributed by atoms with Crippen LogP contribution >= 0.6 is 0 Å². The molecule has 1 saturated heterocycles. The molecule has 0 aromatic rings. The molecule has 1 aliphatic heterocycles. The first kappa shape index (κ1) is 78.3. The van der Waals surface area contributed by atoms with Gasteiger partial charge in [-0.1, -0.05) is 302 Å². The predicted octanol–water partition coefficient (Wildman–Crippen LogP) is 18.8. The Balaban J connectivity index is 2.14. The molecular weight excluding hydrogens is 1040 g/mol. The van der Waals surface area contributed by atoms with Crippen LogP contribution in [0.1, 0.15) is 277 Å². The van der Waals surface area contributed by atoms with Crippen LogP contribution in [0.5, 0.6) is 0 Å². The summed E-state index contributed by atoms with van der Waals surface area (Å²) >= 11 is 0. The average Bonchev–Trinajstić information content (AvgIpc) is 3.70. The summed E-state index contributed by atoms with van der Waals surface area (Å²) in [5.41, 5.74) is 0. The molecule has 9 nitrogen and oxygen atoms in total.